The van der Waals surface area contributed by atoms with Crippen molar-refractivity contribution in [3.8, 4) is 17.2 Å². The number of methoxy groups -OCH3 is 5. The van der Waals surface area contributed by atoms with Gasteiger partial charge in [-0.3, -0.25) is 0 Å². The number of phenols is 2. The quantitative estimate of drug-likeness (QED) is 0.0408. The zero-order valence-electron chi connectivity index (χ0n) is 49.9. The monoisotopic (exact) mass is 1180 g/mol. The van der Waals surface area contributed by atoms with Crippen molar-refractivity contribution in [2.75, 3.05) is 42.3 Å². The largest absolute Gasteiger partial charge is 0.507 e. The van der Waals surface area contributed by atoms with Crippen LogP contribution in [0.1, 0.15) is 126 Å². The molecule has 3 aliphatic heterocycles. The van der Waals surface area contributed by atoms with Crippen LogP contribution in [0.5, 0.6) is 17.2 Å². The first-order chi connectivity index (χ1) is 40.8. The van der Waals surface area contributed by atoms with Gasteiger partial charge in [-0.1, -0.05) is 112 Å². The standard InChI is InChI=1S/C24H32O7.2C21H26O6/c1-17-9-5-6-10-18-11-7-13-20(28-3)23(18)24(26)31-19(12-8-14-22(25)29-4)15-21(17)30-16-27-2;2*1-14-7-3-4-8-15-9-5-11-17(22)20(15)21(25)27-16(13-18(14)23)10-6-12-19(24)26-2/h5-8,11,13-14,17,19,21H,9-10,12,15-16H2,1-4H3;2*3-6,9,11-12,14,16,18,22-23H,7-8,10,13H2,1-2H3/b6-5+,14-8?;4-3+,12-6+;4-3+,12-6-/t17-,19?,21+;2*14-,16?,18+/m000/s1. The van der Waals surface area contributed by atoms with Crippen molar-refractivity contribution in [1.29, 1.82) is 0 Å². The van der Waals surface area contributed by atoms with Gasteiger partial charge in [0.25, 0.3) is 0 Å². The van der Waals surface area contributed by atoms with Crippen LogP contribution < -0.4 is 4.74 Å². The van der Waals surface area contributed by atoms with E-state index in [9.17, 15) is 49.2 Å². The molecule has 0 spiro atoms. The lowest BCUT2D eigenvalue weighted by atomic mass is 9.93. The summed E-state index contributed by atoms with van der Waals surface area (Å²) >= 11 is 0. The fourth-order valence-corrected chi connectivity index (χ4v) is 9.41. The Hall–Kier alpha value is -7.84. The van der Waals surface area contributed by atoms with Gasteiger partial charge in [0, 0.05) is 63.9 Å². The maximum absolute atomic E-state index is 13.2. The van der Waals surface area contributed by atoms with Crippen molar-refractivity contribution in [3.63, 3.8) is 0 Å². The molecule has 0 saturated heterocycles. The van der Waals surface area contributed by atoms with Crippen LogP contribution in [0.15, 0.2) is 128 Å². The maximum Gasteiger partial charge on any atom is 0.342 e. The number of carbonyl (C=O) groups is 6. The van der Waals surface area contributed by atoms with Gasteiger partial charge in [0.2, 0.25) is 0 Å². The molecule has 4 N–H and O–H groups in total. The predicted octanol–water partition coefficient (Wildman–Crippen LogP) is 9.71. The van der Waals surface area contributed by atoms with Gasteiger partial charge in [-0.05, 0) is 91.2 Å². The van der Waals surface area contributed by atoms with Gasteiger partial charge in [0.05, 0.1) is 46.8 Å². The molecule has 0 fully saturated rings. The van der Waals surface area contributed by atoms with Gasteiger partial charge in [0.1, 0.15) is 59.0 Å². The molecular weight excluding hydrogens is 1100 g/mol. The predicted molar refractivity (Wildman–Crippen MR) is 317 cm³/mol. The molecule has 462 valence electrons. The second kappa shape index (κ2) is 37.5. The summed E-state index contributed by atoms with van der Waals surface area (Å²) in [5.41, 5.74) is 2.87. The van der Waals surface area contributed by atoms with Gasteiger partial charge in [-0.2, -0.15) is 0 Å². The Kier molecular flexibility index (Phi) is 30.7. The molecule has 19 heteroatoms. The van der Waals surface area contributed by atoms with Crippen LogP contribution in [-0.4, -0.2) is 135 Å². The van der Waals surface area contributed by atoms with Gasteiger partial charge in [-0.25, -0.2) is 28.8 Å². The number of aromatic hydroxyl groups is 2. The third-order valence-corrected chi connectivity index (χ3v) is 14.5. The molecule has 19 nitrogen and oxygen atoms in total. The van der Waals surface area contributed by atoms with E-state index in [1.807, 2.05) is 56.4 Å². The number of fused-ring (bicyclic) bond motifs is 3. The highest BCUT2D eigenvalue weighted by Gasteiger charge is 2.30. The molecular formula is C66H84O19. The molecule has 0 radical (unpaired) electrons. The van der Waals surface area contributed by atoms with E-state index in [1.165, 1.54) is 58.8 Å². The molecule has 3 aromatic rings. The number of aliphatic hydroxyl groups is 2. The average Bonchev–Trinajstić information content (AvgIpc) is 3.68. The molecule has 9 atom stereocenters. The third-order valence-electron chi connectivity index (χ3n) is 14.5. The summed E-state index contributed by atoms with van der Waals surface area (Å²) in [5.74, 6) is -2.85. The van der Waals surface area contributed by atoms with E-state index in [1.54, 1.807) is 55.7 Å². The molecule has 3 heterocycles. The van der Waals surface area contributed by atoms with Crippen LogP contribution >= 0.6 is 0 Å². The summed E-state index contributed by atoms with van der Waals surface area (Å²) < 4.78 is 47.2. The Bertz CT molecular complexity index is 2700. The lowest BCUT2D eigenvalue weighted by Gasteiger charge is -2.28. The van der Waals surface area contributed by atoms with Gasteiger partial charge in [-0.15, -0.1) is 0 Å². The van der Waals surface area contributed by atoms with Crippen molar-refractivity contribution in [1.82, 2.24) is 0 Å². The number of ether oxygens (including phenoxy) is 9. The highest BCUT2D eigenvalue weighted by atomic mass is 16.7. The van der Waals surface area contributed by atoms with Gasteiger partial charge in [0.15, 0.2) is 0 Å². The molecule has 0 aliphatic carbocycles. The number of allylic oxidation sites excluding steroid dienone is 6. The van der Waals surface area contributed by atoms with E-state index in [2.05, 4.69) is 27.2 Å². The smallest absolute Gasteiger partial charge is 0.342 e. The Morgan fingerprint density at radius 1 is 0.506 bits per heavy atom. The SMILES string of the molecule is COC(=O)/C=C/CC1C[C@@H](O)[C@@H](C)C/C=C/Cc2cccc(O)c2C(=O)O1.COC(=O)/C=C\CC1C[C@@H](O)[C@@H](C)C/C=C/Cc2cccc(O)c2C(=O)O1.COCO[C@@H]1CC(CC=CC(=O)OC)OC(=O)c2c(cccc2OC)C/C=C/C[C@@H]1C. The number of cyclic esters (lactones) is 3. The first-order valence-electron chi connectivity index (χ1n) is 28.4. The Balaban J connectivity index is 0.000000274. The summed E-state index contributed by atoms with van der Waals surface area (Å²) in [7, 11) is 6.97. The van der Waals surface area contributed by atoms with Crippen LogP contribution in [0, 0.1) is 17.8 Å². The third kappa shape index (κ3) is 23.6. The zero-order valence-corrected chi connectivity index (χ0v) is 49.9. The van der Waals surface area contributed by atoms with Crippen LogP contribution in [0.4, 0.5) is 0 Å². The van der Waals surface area contributed by atoms with Crippen LogP contribution in [0.2, 0.25) is 0 Å². The minimum Gasteiger partial charge on any atom is -0.507 e. The number of carbonyl (C=O) groups excluding carboxylic acids is 6. The second-order valence-corrected chi connectivity index (χ2v) is 20.8. The van der Waals surface area contributed by atoms with E-state index in [0.717, 1.165) is 12.0 Å². The number of esters is 6. The number of hydrogen-bond acceptors (Lipinski definition) is 19. The van der Waals surface area contributed by atoms with Gasteiger partial charge >= 0.3 is 35.8 Å². The number of aliphatic hydroxyl groups excluding tert-OH is 2. The van der Waals surface area contributed by atoms with E-state index in [-0.39, 0.29) is 79.0 Å². The fraction of sp³-hybridized carbons (Fsp3) is 0.455. The normalized spacial score (nSPS) is 24.4. The zero-order chi connectivity index (χ0) is 62.3. The molecule has 0 aromatic heterocycles. The van der Waals surface area contributed by atoms with Crippen molar-refractivity contribution in [2.45, 2.75) is 134 Å². The van der Waals surface area contributed by atoms with Crippen molar-refractivity contribution in [3.05, 3.63) is 161 Å². The minimum atomic E-state index is -0.665. The molecule has 0 bridgehead atoms. The Labute approximate surface area is 498 Å². The maximum atomic E-state index is 13.2. The lowest BCUT2D eigenvalue weighted by Crippen LogP contribution is -2.31. The Morgan fingerprint density at radius 2 is 0.871 bits per heavy atom. The van der Waals surface area contributed by atoms with Crippen LogP contribution in [0.25, 0.3) is 0 Å². The summed E-state index contributed by atoms with van der Waals surface area (Å²) in [6.45, 7) is 6.11. The molecule has 0 amide bonds. The summed E-state index contributed by atoms with van der Waals surface area (Å²) in [6, 6.07) is 15.3. The number of hydrogen-bond donors (Lipinski definition) is 4. The van der Waals surface area contributed by atoms with E-state index in [4.69, 9.17) is 28.4 Å². The number of phenolic OH excluding ortho intramolecular Hbond substituents is 2. The molecule has 3 aromatic carbocycles. The van der Waals surface area contributed by atoms with E-state index >= 15 is 0 Å². The summed E-state index contributed by atoms with van der Waals surface area (Å²) in [6.07, 6.45) is 22.8. The van der Waals surface area contributed by atoms with Crippen LogP contribution in [0.3, 0.4) is 0 Å². The lowest BCUT2D eigenvalue weighted by molar-refractivity contribution is -0.135. The Morgan fingerprint density at radius 3 is 1.26 bits per heavy atom. The van der Waals surface area contributed by atoms with Crippen LogP contribution in [-0.2, 0) is 71.5 Å². The van der Waals surface area contributed by atoms with Crippen molar-refractivity contribution >= 4 is 35.8 Å². The summed E-state index contributed by atoms with van der Waals surface area (Å²) in [5, 5.41) is 41.2. The fourth-order valence-electron chi connectivity index (χ4n) is 9.41. The van der Waals surface area contributed by atoms with E-state index < -0.39 is 66.3 Å². The topological polar surface area (TPSA) is 266 Å². The average molecular weight is 1180 g/mol. The number of rotatable bonds is 13. The van der Waals surface area contributed by atoms with E-state index in [0.29, 0.717) is 67.4 Å². The first-order valence-corrected chi connectivity index (χ1v) is 28.4. The van der Waals surface area contributed by atoms with Crippen molar-refractivity contribution < 1.29 is 91.8 Å². The molecule has 85 heavy (non-hydrogen) atoms. The number of benzene rings is 3. The molecule has 3 aliphatic rings. The second-order valence-electron chi connectivity index (χ2n) is 20.8. The van der Waals surface area contributed by atoms with Crippen molar-refractivity contribution in [2.24, 2.45) is 17.8 Å². The molecule has 3 unspecified atom stereocenters. The molecule has 6 rings (SSSR count). The highest BCUT2D eigenvalue weighted by Crippen LogP contribution is 2.31. The minimum absolute atomic E-state index is 0.00453. The molecule has 0 saturated carbocycles. The highest BCUT2D eigenvalue weighted by molar-refractivity contribution is 5.96. The van der Waals surface area contributed by atoms with Gasteiger partial charge < -0.3 is 63.1 Å². The summed E-state index contributed by atoms with van der Waals surface area (Å²) in [4.78, 5) is 72.5. The first kappa shape index (κ1) is 69.7.